The topological polar surface area (TPSA) is 81.4 Å². The molecule has 0 aliphatic carbocycles. The quantitative estimate of drug-likeness (QED) is 0.406. The molecule has 68 valence electrons. The van der Waals surface area contributed by atoms with E-state index in [-0.39, 0.29) is 6.61 Å². The lowest BCUT2D eigenvalue weighted by atomic mass is 9.81. The van der Waals surface area contributed by atoms with Crippen LogP contribution in [0.4, 0.5) is 0 Å². The Bertz CT molecular complexity index is 211. The van der Waals surface area contributed by atoms with Crippen molar-refractivity contribution in [2.24, 2.45) is 11.1 Å². The Morgan fingerprint density at radius 2 is 2.17 bits per heavy atom. The standard InChI is InChI=1S/C7H12N2O3/c1-2-12-6(11)7(5(8)10)3-9-4-7/h9H,2-4H2,1H3,(H2,8,10). The molecule has 0 atom stereocenters. The zero-order valence-corrected chi connectivity index (χ0v) is 6.92. The molecule has 1 heterocycles. The molecule has 1 saturated heterocycles. The minimum Gasteiger partial charge on any atom is -0.465 e. The number of rotatable bonds is 3. The molecule has 0 spiro atoms. The average Bonchev–Trinajstić information content (AvgIpc) is 1.83. The van der Waals surface area contributed by atoms with Crippen molar-refractivity contribution in [3.63, 3.8) is 0 Å². The number of ether oxygens (including phenoxy) is 1. The van der Waals surface area contributed by atoms with Crippen LogP contribution in [0.5, 0.6) is 0 Å². The van der Waals surface area contributed by atoms with Crippen molar-refractivity contribution in [2.75, 3.05) is 19.7 Å². The minimum absolute atomic E-state index is 0.272. The summed E-state index contributed by atoms with van der Waals surface area (Å²) in [5.74, 6) is -1.13. The van der Waals surface area contributed by atoms with Gasteiger partial charge >= 0.3 is 5.97 Å². The lowest BCUT2D eigenvalue weighted by Crippen LogP contribution is -2.65. The van der Waals surface area contributed by atoms with E-state index in [1.807, 2.05) is 0 Å². The van der Waals surface area contributed by atoms with E-state index in [0.29, 0.717) is 13.1 Å². The van der Waals surface area contributed by atoms with E-state index in [1.54, 1.807) is 6.92 Å². The smallest absolute Gasteiger partial charge is 0.324 e. The van der Waals surface area contributed by atoms with Crippen LogP contribution >= 0.6 is 0 Å². The third-order valence-corrected chi connectivity index (χ3v) is 1.99. The fourth-order valence-electron chi connectivity index (χ4n) is 1.06. The molecule has 1 rings (SSSR count). The molecule has 12 heavy (non-hydrogen) atoms. The highest BCUT2D eigenvalue weighted by atomic mass is 16.5. The fraction of sp³-hybridized carbons (Fsp3) is 0.714. The second kappa shape index (κ2) is 3.10. The predicted octanol–water partition coefficient (Wildman–Crippen LogP) is -1.38. The summed E-state index contributed by atoms with van der Waals surface area (Å²) in [5, 5.41) is 2.82. The molecule has 0 aromatic heterocycles. The molecule has 1 fully saturated rings. The molecule has 0 bridgehead atoms. The van der Waals surface area contributed by atoms with Crippen LogP contribution in [0, 0.1) is 5.41 Å². The summed E-state index contributed by atoms with van der Waals surface area (Å²) < 4.78 is 4.73. The molecule has 0 radical (unpaired) electrons. The van der Waals surface area contributed by atoms with Gasteiger partial charge in [0, 0.05) is 13.1 Å². The molecule has 0 unspecified atom stereocenters. The van der Waals surface area contributed by atoms with Crippen molar-refractivity contribution >= 4 is 11.9 Å². The third-order valence-electron chi connectivity index (χ3n) is 1.99. The normalized spacial score (nSPS) is 19.4. The summed E-state index contributed by atoms with van der Waals surface area (Å²) in [7, 11) is 0. The van der Waals surface area contributed by atoms with E-state index in [4.69, 9.17) is 10.5 Å². The first-order valence-electron chi connectivity index (χ1n) is 3.81. The molecule has 1 aliphatic rings. The van der Waals surface area contributed by atoms with E-state index < -0.39 is 17.3 Å². The van der Waals surface area contributed by atoms with Crippen molar-refractivity contribution in [3.8, 4) is 0 Å². The summed E-state index contributed by atoms with van der Waals surface area (Å²) >= 11 is 0. The molecule has 3 N–H and O–H groups in total. The van der Waals surface area contributed by atoms with Crippen LogP contribution in [0.3, 0.4) is 0 Å². The molecular weight excluding hydrogens is 160 g/mol. The number of amides is 1. The zero-order chi connectivity index (χ0) is 9.19. The number of hydrogen-bond donors (Lipinski definition) is 2. The summed E-state index contributed by atoms with van der Waals surface area (Å²) in [4.78, 5) is 22.1. The van der Waals surface area contributed by atoms with Gasteiger partial charge in [-0.25, -0.2) is 0 Å². The van der Waals surface area contributed by atoms with E-state index in [2.05, 4.69) is 5.32 Å². The van der Waals surface area contributed by atoms with Crippen LogP contribution in [-0.4, -0.2) is 31.6 Å². The highest BCUT2D eigenvalue weighted by Gasteiger charge is 2.51. The maximum atomic E-state index is 11.2. The van der Waals surface area contributed by atoms with Gasteiger partial charge in [-0.2, -0.15) is 0 Å². The van der Waals surface area contributed by atoms with Crippen LogP contribution in [0.25, 0.3) is 0 Å². The van der Waals surface area contributed by atoms with Crippen molar-refractivity contribution < 1.29 is 14.3 Å². The van der Waals surface area contributed by atoms with E-state index in [0.717, 1.165) is 0 Å². The van der Waals surface area contributed by atoms with Crippen LogP contribution < -0.4 is 11.1 Å². The first-order valence-corrected chi connectivity index (χ1v) is 3.81. The van der Waals surface area contributed by atoms with Gasteiger partial charge in [-0.1, -0.05) is 0 Å². The van der Waals surface area contributed by atoms with Gasteiger partial charge in [0.1, 0.15) is 0 Å². The number of primary amides is 1. The van der Waals surface area contributed by atoms with Crippen LogP contribution in [0.1, 0.15) is 6.92 Å². The number of nitrogens with two attached hydrogens (primary N) is 1. The Morgan fingerprint density at radius 1 is 1.58 bits per heavy atom. The number of hydrogen-bond acceptors (Lipinski definition) is 4. The van der Waals surface area contributed by atoms with Gasteiger partial charge in [-0.3, -0.25) is 9.59 Å². The highest BCUT2D eigenvalue weighted by molar-refractivity contribution is 6.03. The summed E-state index contributed by atoms with van der Waals surface area (Å²) in [6, 6.07) is 0. The molecule has 5 nitrogen and oxygen atoms in total. The predicted molar refractivity (Wildman–Crippen MR) is 41.1 cm³/mol. The van der Waals surface area contributed by atoms with Gasteiger partial charge in [0.2, 0.25) is 5.91 Å². The van der Waals surface area contributed by atoms with Gasteiger partial charge in [0.05, 0.1) is 6.61 Å². The SMILES string of the molecule is CCOC(=O)C1(C(N)=O)CNC1. The highest BCUT2D eigenvalue weighted by Crippen LogP contribution is 2.23. The Balaban J connectivity index is 2.67. The van der Waals surface area contributed by atoms with E-state index >= 15 is 0 Å². The second-order valence-electron chi connectivity index (χ2n) is 2.77. The maximum absolute atomic E-state index is 11.2. The Labute approximate surface area is 70.2 Å². The van der Waals surface area contributed by atoms with E-state index in [9.17, 15) is 9.59 Å². The molecule has 0 aromatic rings. The molecular formula is C7H12N2O3. The van der Waals surface area contributed by atoms with Gasteiger partial charge in [0.15, 0.2) is 5.41 Å². The first kappa shape index (κ1) is 8.99. The minimum atomic E-state index is -1.10. The lowest BCUT2D eigenvalue weighted by Gasteiger charge is -2.36. The van der Waals surface area contributed by atoms with Crippen molar-refractivity contribution in [1.29, 1.82) is 0 Å². The molecule has 1 amide bonds. The maximum Gasteiger partial charge on any atom is 0.324 e. The monoisotopic (exact) mass is 172 g/mol. The largest absolute Gasteiger partial charge is 0.465 e. The number of carbonyl (C=O) groups is 2. The number of carbonyl (C=O) groups excluding carboxylic acids is 2. The molecule has 0 saturated carbocycles. The Morgan fingerprint density at radius 3 is 2.42 bits per heavy atom. The van der Waals surface area contributed by atoms with Crippen LogP contribution in [0.2, 0.25) is 0 Å². The average molecular weight is 172 g/mol. The van der Waals surface area contributed by atoms with Crippen molar-refractivity contribution in [3.05, 3.63) is 0 Å². The molecule has 5 heteroatoms. The van der Waals surface area contributed by atoms with Crippen LogP contribution in [-0.2, 0) is 14.3 Å². The van der Waals surface area contributed by atoms with Gasteiger partial charge in [-0.15, -0.1) is 0 Å². The second-order valence-corrected chi connectivity index (χ2v) is 2.77. The number of esters is 1. The summed E-state index contributed by atoms with van der Waals surface area (Å²) in [6.07, 6.45) is 0. The van der Waals surface area contributed by atoms with Crippen molar-refractivity contribution in [2.45, 2.75) is 6.92 Å². The Kier molecular flexibility index (Phi) is 2.32. The molecule has 1 aliphatic heterocycles. The summed E-state index contributed by atoms with van der Waals surface area (Å²) in [5.41, 5.74) is 3.98. The number of nitrogens with one attached hydrogen (secondary N) is 1. The lowest BCUT2D eigenvalue weighted by molar-refractivity contribution is -0.163. The van der Waals surface area contributed by atoms with Crippen molar-refractivity contribution in [1.82, 2.24) is 5.32 Å². The van der Waals surface area contributed by atoms with Gasteiger partial charge in [-0.05, 0) is 6.92 Å². The third kappa shape index (κ3) is 1.16. The molecule has 0 aromatic carbocycles. The first-order chi connectivity index (χ1) is 5.63. The van der Waals surface area contributed by atoms with E-state index in [1.165, 1.54) is 0 Å². The fourth-order valence-corrected chi connectivity index (χ4v) is 1.06. The van der Waals surface area contributed by atoms with Gasteiger partial charge < -0.3 is 15.8 Å². The van der Waals surface area contributed by atoms with Crippen LogP contribution in [0.15, 0.2) is 0 Å². The Hall–Kier alpha value is -1.10. The summed E-state index contributed by atoms with van der Waals surface area (Å²) in [6.45, 7) is 2.55. The zero-order valence-electron chi connectivity index (χ0n) is 6.92. The van der Waals surface area contributed by atoms with Gasteiger partial charge in [0.25, 0.3) is 0 Å².